The summed E-state index contributed by atoms with van der Waals surface area (Å²) in [4.78, 5) is 5.41. The molecular formula is C29H36N2. The zero-order chi connectivity index (χ0) is 20.9. The molecule has 162 valence electrons. The first kappa shape index (κ1) is 19.5. The predicted octanol–water partition coefficient (Wildman–Crippen LogP) is 7.04. The van der Waals surface area contributed by atoms with Crippen LogP contribution in [0.25, 0.3) is 5.57 Å². The summed E-state index contributed by atoms with van der Waals surface area (Å²) >= 11 is 0. The molecule has 0 spiro atoms. The summed E-state index contributed by atoms with van der Waals surface area (Å²) in [5.41, 5.74) is 6.92. The molecule has 31 heavy (non-hydrogen) atoms. The van der Waals surface area contributed by atoms with Gasteiger partial charge in [-0.2, -0.15) is 0 Å². The monoisotopic (exact) mass is 412 g/mol. The minimum atomic E-state index is 0.526. The fourth-order valence-corrected chi connectivity index (χ4v) is 6.99. The maximum absolute atomic E-state index is 2.70. The maximum atomic E-state index is 2.70. The summed E-state index contributed by atoms with van der Waals surface area (Å²) in [6.45, 7) is 4.57. The van der Waals surface area contributed by atoms with Gasteiger partial charge in [0.25, 0.3) is 0 Å². The van der Waals surface area contributed by atoms with E-state index in [9.17, 15) is 0 Å². The van der Waals surface area contributed by atoms with Crippen molar-refractivity contribution in [2.24, 2.45) is 5.92 Å². The average molecular weight is 413 g/mol. The molecule has 4 aliphatic heterocycles. The van der Waals surface area contributed by atoms with Crippen molar-refractivity contribution in [2.45, 2.75) is 89.4 Å². The first-order valence-corrected chi connectivity index (χ1v) is 12.7. The number of fused-ring (bicyclic) bond motifs is 4. The normalized spacial score (nSPS) is 28.7. The van der Waals surface area contributed by atoms with Gasteiger partial charge in [-0.25, -0.2) is 0 Å². The van der Waals surface area contributed by atoms with Gasteiger partial charge in [-0.15, -0.1) is 0 Å². The zero-order valence-electron chi connectivity index (χ0n) is 19.1. The highest BCUT2D eigenvalue weighted by Crippen LogP contribution is 2.42. The van der Waals surface area contributed by atoms with Crippen LogP contribution in [0.2, 0.25) is 0 Å². The number of hydrogen-bond donors (Lipinski definition) is 0. The third-order valence-electron chi connectivity index (χ3n) is 8.36. The molecule has 0 radical (unpaired) electrons. The van der Waals surface area contributed by atoms with Crippen LogP contribution < -0.4 is 9.80 Å². The van der Waals surface area contributed by atoms with Crippen LogP contribution in [0.3, 0.4) is 0 Å². The van der Waals surface area contributed by atoms with Crippen molar-refractivity contribution in [1.29, 1.82) is 0 Å². The van der Waals surface area contributed by atoms with Crippen molar-refractivity contribution in [3.63, 3.8) is 0 Å². The SMILES string of the molecule is CC(C)C=C(c1ccc(N2C3CCC2CC3)cc1)c1ccc(N2C3CCC2CC3)cc1. The topological polar surface area (TPSA) is 6.48 Å². The van der Waals surface area contributed by atoms with E-state index in [1.54, 1.807) is 0 Å². The number of benzene rings is 2. The van der Waals surface area contributed by atoms with Gasteiger partial charge in [-0.1, -0.05) is 44.2 Å². The van der Waals surface area contributed by atoms with Gasteiger partial charge in [-0.05, 0) is 98.2 Å². The molecular weight excluding hydrogens is 376 g/mol. The van der Waals surface area contributed by atoms with Gasteiger partial charge in [0.05, 0.1) is 0 Å². The number of anilines is 2. The van der Waals surface area contributed by atoms with Crippen LogP contribution >= 0.6 is 0 Å². The molecule has 0 amide bonds. The number of nitrogens with zero attached hydrogens (tertiary/aromatic N) is 2. The largest absolute Gasteiger partial charge is 0.366 e. The molecule has 4 saturated heterocycles. The highest BCUT2D eigenvalue weighted by Gasteiger charge is 2.40. The standard InChI is InChI=1S/C29H36N2/c1-20(2)19-29(21-3-7-23(8-4-21)30-25-11-12-26(30)14-13-25)22-5-9-24(10-6-22)31-27-15-16-28(31)18-17-27/h3-10,19-20,25-28H,11-18H2,1-2H3. The Morgan fingerprint density at radius 3 is 1.23 bits per heavy atom. The second-order valence-corrected chi connectivity index (χ2v) is 10.7. The lowest BCUT2D eigenvalue weighted by Crippen LogP contribution is -2.27. The van der Waals surface area contributed by atoms with E-state index in [0.717, 1.165) is 24.2 Å². The number of allylic oxidation sites excluding steroid dienone is 1. The van der Waals surface area contributed by atoms with E-state index in [1.165, 1.54) is 79.4 Å². The van der Waals surface area contributed by atoms with Crippen molar-refractivity contribution in [2.75, 3.05) is 9.80 Å². The molecule has 2 heteroatoms. The molecule has 4 heterocycles. The lowest BCUT2D eigenvalue weighted by molar-refractivity contribution is 0.576. The van der Waals surface area contributed by atoms with Crippen LogP contribution in [0.4, 0.5) is 11.4 Å². The minimum Gasteiger partial charge on any atom is -0.366 e. The van der Waals surface area contributed by atoms with Crippen molar-refractivity contribution in [3.05, 3.63) is 65.7 Å². The van der Waals surface area contributed by atoms with Gasteiger partial charge in [0.2, 0.25) is 0 Å². The summed E-state index contributed by atoms with van der Waals surface area (Å²) in [7, 11) is 0. The van der Waals surface area contributed by atoms with Crippen LogP contribution in [0.15, 0.2) is 54.6 Å². The Balaban J connectivity index is 1.27. The lowest BCUT2D eigenvalue weighted by Gasteiger charge is -2.25. The van der Waals surface area contributed by atoms with Crippen LogP contribution in [0.5, 0.6) is 0 Å². The molecule has 2 aromatic carbocycles. The Bertz CT molecular complexity index is 842. The molecule has 0 aliphatic carbocycles. The Hall–Kier alpha value is -2.22. The predicted molar refractivity (Wildman–Crippen MR) is 132 cm³/mol. The Morgan fingerprint density at radius 2 is 0.935 bits per heavy atom. The molecule has 0 aromatic heterocycles. The third-order valence-corrected chi connectivity index (χ3v) is 8.36. The Morgan fingerprint density at radius 1 is 0.613 bits per heavy atom. The highest BCUT2D eigenvalue weighted by atomic mass is 15.2. The summed E-state index contributed by atoms with van der Waals surface area (Å²) in [6, 6.07) is 22.1. The number of rotatable bonds is 5. The molecule has 0 N–H and O–H groups in total. The van der Waals surface area contributed by atoms with E-state index in [-0.39, 0.29) is 0 Å². The fraction of sp³-hybridized carbons (Fsp3) is 0.517. The average Bonchev–Trinajstić information content (AvgIpc) is 3.58. The smallest absolute Gasteiger partial charge is 0.0371 e. The van der Waals surface area contributed by atoms with Crippen LogP contribution in [0, 0.1) is 5.92 Å². The highest BCUT2D eigenvalue weighted by molar-refractivity contribution is 5.81. The van der Waals surface area contributed by atoms with E-state index in [4.69, 9.17) is 0 Å². The Kier molecular flexibility index (Phi) is 4.85. The summed E-state index contributed by atoms with van der Waals surface area (Å²) in [5, 5.41) is 0. The molecule has 2 nitrogen and oxygen atoms in total. The molecule has 2 aromatic rings. The maximum Gasteiger partial charge on any atom is 0.0371 e. The summed E-state index contributed by atoms with van der Waals surface area (Å²) in [5.74, 6) is 0.526. The van der Waals surface area contributed by atoms with E-state index >= 15 is 0 Å². The molecule has 6 rings (SSSR count). The fourth-order valence-electron chi connectivity index (χ4n) is 6.99. The van der Waals surface area contributed by atoms with E-state index in [1.807, 2.05) is 0 Å². The van der Waals surface area contributed by atoms with E-state index in [2.05, 4.69) is 78.3 Å². The van der Waals surface area contributed by atoms with Crippen molar-refractivity contribution in [1.82, 2.24) is 0 Å². The van der Waals surface area contributed by atoms with Crippen molar-refractivity contribution in [3.8, 4) is 0 Å². The van der Waals surface area contributed by atoms with E-state index in [0.29, 0.717) is 5.92 Å². The van der Waals surface area contributed by atoms with Gasteiger partial charge in [0, 0.05) is 35.5 Å². The van der Waals surface area contributed by atoms with E-state index < -0.39 is 0 Å². The van der Waals surface area contributed by atoms with Crippen LogP contribution in [0.1, 0.15) is 76.3 Å². The van der Waals surface area contributed by atoms with Gasteiger partial charge >= 0.3 is 0 Å². The van der Waals surface area contributed by atoms with Gasteiger partial charge in [0.1, 0.15) is 0 Å². The van der Waals surface area contributed by atoms with Crippen molar-refractivity contribution < 1.29 is 0 Å². The summed E-state index contributed by atoms with van der Waals surface area (Å²) in [6.07, 6.45) is 13.5. The van der Waals surface area contributed by atoms with Crippen molar-refractivity contribution >= 4 is 16.9 Å². The lowest BCUT2D eigenvalue weighted by atomic mass is 9.94. The van der Waals surface area contributed by atoms with Crippen LogP contribution in [-0.4, -0.2) is 24.2 Å². The first-order valence-electron chi connectivity index (χ1n) is 12.7. The second kappa shape index (κ2) is 7.73. The molecule has 0 atom stereocenters. The second-order valence-electron chi connectivity index (χ2n) is 10.7. The molecule has 4 fully saturated rings. The first-order chi connectivity index (χ1) is 15.2. The molecule has 0 unspecified atom stereocenters. The quantitative estimate of drug-likeness (QED) is 0.520. The zero-order valence-corrected chi connectivity index (χ0v) is 19.1. The molecule has 0 saturated carbocycles. The minimum absolute atomic E-state index is 0.526. The van der Waals surface area contributed by atoms with Gasteiger partial charge < -0.3 is 9.80 Å². The molecule has 4 bridgehead atoms. The van der Waals surface area contributed by atoms with Gasteiger partial charge in [0.15, 0.2) is 0 Å². The summed E-state index contributed by atoms with van der Waals surface area (Å²) < 4.78 is 0. The number of hydrogen-bond acceptors (Lipinski definition) is 2. The Labute approximate surface area is 187 Å². The van der Waals surface area contributed by atoms with Gasteiger partial charge in [-0.3, -0.25) is 0 Å². The molecule has 4 aliphatic rings. The van der Waals surface area contributed by atoms with Crippen LogP contribution in [-0.2, 0) is 0 Å². The third kappa shape index (κ3) is 3.39.